The molecule has 108 valence electrons. The highest BCUT2D eigenvalue weighted by atomic mass is 16.5. The molecule has 0 N–H and O–H groups in total. The second-order valence-corrected chi connectivity index (χ2v) is 5.02. The monoisotopic (exact) mass is 273 g/mol. The molecule has 0 saturated carbocycles. The summed E-state index contributed by atoms with van der Waals surface area (Å²) >= 11 is 0. The van der Waals surface area contributed by atoms with Crippen LogP contribution in [0.5, 0.6) is 11.5 Å². The minimum Gasteiger partial charge on any atom is -0.493 e. The molecule has 1 aromatic rings. The van der Waals surface area contributed by atoms with Crippen molar-refractivity contribution in [2.45, 2.75) is 32.9 Å². The summed E-state index contributed by atoms with van der Waals surface area (Å²) in [5, 5.41) is 0. The summed E-state index contributed by atoms with van der Waals surface area (Å²) < 4.78 is 11.3. The minimum absolute atomic E-state index is 0.199. The fraction of sp³-hybridized carbons (Fsp3) is 0.412. The van der Waals surface area contributed by atoms with Crippen LogP contribution in [0.1, 0.15) is 25.8 Å². The predicted octanol–water partition coefficient (Wildman–Crippen LogP) is 3.76. The maximum Gasteiger partial charge on any atom is 0.161 e. The van der Waals surface area contributed by atoms with Gasteiger partial charge in [0.2, 0.25) is 0 Å². The zero-order chi connectivity index (χ0) is 14.4. The van der Waals surface area contributed by atoms with Gasteiger partial charge in [-0.25, -0.2) is 0 Å². The SMILES string of the molecule is CCC(C)Oc1ccc(CN2C=CC=CC2)cc1OC. The van der Waals surface area contributed by atoms with Gasteiger partial charge in [-0.05, 0) is 43.3 Å². The fourth-order valence-electron chi connectivity index (χ4n) is 2.07. The van der Waals surface area contributed by atoms with Gasteiger partial charge in [-0.2, -0.15) is 0 Å². The summed E-state index contributed by atoms with van der Waals surface area (Å²) in [7, 11) is 1.69. The molecule has 1 aliphatic rings. The van der Waals surface area contributed by atoms with E-state index in [1.54, 1.807) is 7.11 Å². The van der Waals surface area contributed by atoms with Gasteiger partial charge in [-0.1, -0.05) is 25.1 Å². The van der Waals surface area contributed by atoms with Crippen LogP contribution in [0.3, 0.4) is 0 Å². The average Bonchev–Trinajstić information content (AvgIpc) is 2.49. The van der Waals surface area contributed by atoms with E-state index < -0.39 is 0 Å². The number of allylic oxidation sites excluding steroid dienone is 2. The average molecular weight is 273 g/mol. The molecule has 0 saturated heterocycles. The van der Waals surface area contributed by atoms with Crippen molar-refractivity contribution < 1.29 is 9.47 Å². The second kappa shape index (κ2) is 7.04. The van der Waals surface area contributed by atoms with Gasteiger partial charge in [0.05, 0.1) is 13.2 Å². The first-order chi connectivity index (χ1) is 9.72. The van der Waals surface area contributed by atoms with E-state index in [-0.39, 0.29) is 6.10 Å². The maximum absolute atomic E-state index is 5.87. The zero-order valence-corrected chi connectivity index (χ0v) is 12.5. The van der Waals surface area contributed by atoms with Crippen molar-refractivity contribution in [1.29, 1.82) is 0 Å². The van der Waals surface area contributed by atoms with Gasteiger partial charge in [-0.3, -0.25) is 0 Å². The van der Waals surface area contributed by atoms with E-state index in [9.17, 15) is 0 Å². The summed E-state index contributed by atoms with van der Waals surface area (Å²) in [5.74, 6) is 1.62. The number of ether oxygens (including phenoxy) is 2. The van der Waals surface area contributed by atoms with Crippen molar-refractivity contribution in [3.8, 4) is 11.5 Å². The Hall–Kier alpha value is -1.90. The number of methoxy groups -OCH3 is 1. The van der Waals surface area contributed by atoms with E-state index in [1.807, 2.05) is 6.07 Å². The van der Waals surface area contributed by atoms with Crippen molar-refractivity contribution in [3.05, 3.63) is 48.2 Å². The van der Waals surface area contributed by atoms with Gasteiger partial charge in [-0.15, -0.1) is 0 Å². The van der Waals surface area contributed by atoms with Crippen LogP contribution >= 0.6 is 0 Å². The Morgan fingerprint density at radius 2 is 2.10 bits per heavy atom. The smallest absolute Gasteiger partial charge is 0.161 e. The first-order valence-corrected chi connectivity index (χ1v) is 7.14. The van der Waals surface area contributed by atoms with E-state index in [0.29, 0.717) is 0 Å². The van der Waals surface area contributed by atoms with Gasteiger partial charge in [0.25, 0.3) is 0 Å². The lowest BCUT2D eigenvalue weighted by atomic mass is 10.1. The van der Waals surface area contributed by atoms with Crippen LogP contribution in [0.25, 0.3) is 0 Å². The molecule has 0 aromatic heterocycles. The molecule has 20 heavy (non-hydrogen) atoms. The van der Waals surface area contributed by atoms with Gasteiger partial charge in [0.1, 0.15) is 0 Å². The van der Waals surface area contributed by atoms with E-state index >= 15 is 0 Å². The zero-order valence-electron chi connectivity index (χ0n) is 12.5. The lowest BCUT2D eigenvalue weighted by molar-refractivity contribution is 0.207. The number of benzene rings is 1. The topological polar surface area (TPSA) is 21.7 Å². The third kappa shape index (κ3) is 3.80. The first kappa shape index (κ1) is 14.5. The molecule has 1 heterocycles. The molecule has 0 bridgehead atoms. The number of rotatable bonds is 6. The van der Waals surface area contributed by atoms with E-state index in [2.05, 4.69) is 55.3 Å². The van der Waals surface area contributed by atoms with Crippen molar-refractivity contribution in [3.63, 3.8) is 0 Å². The molecule has 1 unspecified atom stereocenters. The van der Waals surface area contributed by atoms with E-state index in [4.69, 9.17) is 9.47 Å². The van der Waals surface area contributed by atoms with Gasteiger partial charge < -0.3 is 14.4 Å². The van der Waals surface area contributed by atoms with Gasteiger partial charge in [0, 0.05) is 13.1 Å². The van der Waals surface area contributed by atoms with Crippen LogP contribution in [-0.2, 0) is 6.54 Å². The Kier molecular flexibility index (Phi) is 5.10. The Morgan fingerprint density at radius 3 is 2.75 bits per heavy atom. The lowest BCUT2D eigenvalue weighted by Crippen LogP contribution is -2.18. The molecule has 0 amide bonds. The fourth-order valence-corrected chi connectivity index (χ4v) is 2.07. The molecule has 1 aromatic carbocycles. The van der Waals surface area contributed by atoms with E-state index in [1.165, 1.54) is 5.56 Å². The van der Waals surface area contributed by atoms with Gasteiger partial charge >= 0.3 is 0 Å². The second-order valence-electron chi connectivity index (χ2n) is 5.02. The Labute approximate surface area is 121 Å². The van der Waals surface area contributed by atoms with Crippen LogP contribution in [-0.4, -0.2) is 24.7 Å². The first-order valence-electron chi connectivity index (χ1n) is 7.14. The normalized spacial score (nSPS) is 15.2. The Morgan fingerprint density at radius 1 is 1.25 bits per heavy atom. The molecule has 0 aliphatic carbocycles. The molecular formula is C17H23NO2. The standard InChI is InChI=1S/C17H23NO2/c1-4-14(2)20-16-9-8-15(12-17(16)19-3)13-18-10-6-5-7-11-18/h5-10,12,14H,4,11,13H2,1-3H3. The van der Waals surface area contributed by atoms with Crippen molar-refractivity contribution >= 4 is 0 Å². The third-order valence-corrected chi connectivity index (χ3v) is 3.40. The summed E-state index contributed by atoms with van der Waals surface area (Å²) in [6, 6.07) is 6.17. The molecule has 0 radical (unpaired) electrons. The number of hydrogen-bond acceptors (Lipinski definition) is 3. The summed E-state index contributed by atoms with van der Waals surface area (Å²) in [6.45, 7) is 6.00. The van der Waals surface area contributed by atoms with Crippen molar-refractivity contribution in [2.75, 3.05) is 13.7 Å². The predicted molar refractivity (Wildman–Crippen MR) is 82.1 cm³/mol. The molecule has 2 rings (SSSR count). The highest BCUT2D eigenvalue weighted by molar-refractivity contribution is 5.43. The van der Waals surface area contributed by atoms with Crippen LogP contribution < -0.4 is 9.47 Å². The van der Waals surface area contributed by atoms with E-state index in [0.717, 1.165) is 31.0 Å². The Bertz CT molecular complexity index is 494. The van der Waals surface area contributed by atoms with Crippen molar-refractivity contribution in [1.82, 2.24) is 4.90 Å². The molecule has 1 aliphatic heterocycles. The highest BCUT2D eigenvalue weighted by Crippen LogP contribution is 2.29. The van der Waals surface area contributed by atoms with Crippen LogP contribution in [0.15, 0.2) is 42.6 Å². The van der Waals surface area contributed by atoms with Crippen LogP contribution in [0.2, 0.25) is 0 Å². The maximum atomic E-state index is 5.87. The molecule has 3 heteroatoms. The molecular weight excluding hydrogens is 250 g/mol. The van der Waals surface area contributed by atoms with Crippen LogP contribution in [0, 0.1) is 0 Å². The molecule has 3 nitrogen and oxygen atoms in total. The van der Waals surface area contributed by atoms with Crippen molar-refractivity contribution in [2.24, 2.45) is 0 Å². The van der Waals surface area contributed by atoms with Gasteiger partial charge in [0.15, 0.2) is 11.5 Å². The summed E-state index contributed by atoms with van der Waals surface area (Å²) in [5.41, 5.74) is 1.22. The lowest BCUT2D eigenvalue weighted by Gasteiger charge is -2.21. The molecule has 0 fully saturated rings. The summed E-state index contributed by atoms with van der Waals surface area (Å²) in [6.07, 6.45) is 9.56. The van der Waals surface area contributed by atoms with Crippen LogP contribution in [0.4, 0.5) is 0 Å². The largest absolute Gasteiger partial charge is 0.493 e. The number of hydrogen-bond donors (Lipinski definition) is 0. The molecule has 0 spiro atoms. The summed E-state index contributed by atoms with van der Waals surface area (Å²) in [4.78, 5) is 2.25. The quantitative estimate of drug-likeness (QED) is 0.787. The third-order valence-electron chi connectivity index (χ3n) is 3.40. The minimum atomic E-state index is 0.199. The Balaban J connectivity index is 2.08. The molecule has 1 atom stereocenters. The number of nitrogens with zero attached hydrogens (tertiary/aromatic N) is 1. The highest BCUT2D eigenvalue weighted by Gasteiger charge is 2.10.